The van der Waals surface area contributed by atoms with E-state index in [0.717, 1.165) is 27.2 Å². The van der Waals surface area contributed by atoms with E-state index < -0.39 is 0 Å². The van der Waals surface area contributed by atoms with Gasteiger partial charge >= 0.3 is 0 Å². The predicted octanol–water partition coefficient (Wildman–Crippen LogP) is 3.93. The fraction of sp³-hybridized carbons (Fsp3) is 0.0667. The lowest BCUT2D eigenvalue weighted by atomic mass is 10.0. The standard InChI is InChI=1S/C15H12N2O.ClH/c1-10-8-12(9-16-18)17-15-13(10)7-6-11-4-2-3-5-14(11)15;/h2-9,18H,1H3;1H/b16-9+;. The smallest absolute Gasteiger partial charge is 0.0918 e. The van der Waals surface area contributed by atoms with E-state index in [4.69, 9.17) is 5.21 Å². The van der Waals surface area contributed by atoms with Crippen molar-refractivity contribution in [1.29, 1.82) is 0 Å². The van der Waals surface area contributed by atoms with Crippen LogP contribution in [0.25, 0.3) is 21.7 Å². The van der Waals surface area contributed by atoms with Gasteiger partial charge in [0.05, 0.1) is 17.4 Å². The molecule has 0 fully saturated rings. The minimum absolute atomic E-state index is 0. The van der Waals surface area contributed by atoms with E-state index in [1.165, 1.54) is 6.21 Å². The molecule has 3 aromatic rings. The van der Waals surface area contributed by atoms with Gasteiger partial charge in [0, 0.05) is 10.8 Å². The van der Waals surface area contributed by atoms with Gasteiger partial charge in [-0.1, -0.05) is 41.6 Å². The lowest BCUT2D eigenvalue weighted by Crippen LogP contribution is -1.92. The van der Waals surface area contributed by atoms with Crippen LogP contribution in [0.15, 0.2) is 47.6 Å². The van der Waals surface area contributed by atoms with Crippen LogP contribution in [-0.2, 0) is 0 Å². The number of nitrogens with zero attached hydrogens (tertiary/aromatic N) is 2. The Morgan fingerprint density at radius 2 is 1.89 bits per heavy atom. The summed E-state index contributed by atoms with van der Waals surface area (Å²) < 4.78 is 0. The quantitative estimate of drug-likeness (QED) is 0.316. The number of hydrogen-bond donors (Lipinski definition) is 1. The lowest BCUT2D eigenvalue weighted by molar-refractivity contribution is 0.321. The summed E-state index contributed by atoms with van der Waals surface area (Å²) in [4.78, 5) is 4.54. The van der Waals surface area contributed by atoms with Crippen LogP contribution < -0.4 is 0 Å². The molecule has 3 rings (SSSR count). The molecule has 0 aliphatic carbocycles. The zero-order valence-electron chi connectivity index (χ0n) is 10.4. The topological polar surface area (TPSA) is 45.5 Å². The maximum atomic E-state index is 8.63. The van der Waals surface area contributed by atoms with Crippen molar-refractivity contribution in [2.24, 2.45) is 5.16 Å². The van der Waals surface area contributed by atoms with Crippen molar-refractivity contribution in [3.8, 4) is 0 Å². The third kappa shape index (κ3) is 2.25. The Morgan fingerprint density at radius 1 is 1.11 bits per heavy atom. The highest BCUT2D eigenvalue weighted by Crippen LogP contribution is 2.26. The lowest BCUT2D eigenvalue weighted by Gasteiger charge is -2.06. The molecule has 1 aromatic heterocycles. The highest BCUT2D eigenvalue weighted by molar-refractivity contribution is 6.06. The molecule has 0 aliphatic rings. The van der Waals surface area contributed by atoms with Crippen LogP contribution >= 0.6 is 12.4 Å². The first-order valence-corrected chi connectivity index (χ1v) is 5.76. The van der Waals surface area contributed by atoms with Crippen molar-refractivity contribution in [3.63, 3.8) is 0 Å². The Balaban J connectivity index is 0.00000133. The first-order chi connectivity index (χ1) is 8.79. The molecule has 3 nitrogen and oxygen atoms in total. The van der Waals surface area contributed by atoms with Crippen molar-refractivity contribution in [3.05, 3.63) is 53.7 Å². The maximum Gasteiger partial charge on any atom is 0.0918 e. The normalized spacial score (nSPS) is 11.0. The zero-order valence-corrected chi connectivity index (χ0v) is 11.2. The second-order valence-electron chi connectivity index (χ2n) is 4.29. The number of rotatable bonds is 1. The van der Waals surface area contributed by atoms with Crippen LogP contribution in [0.5, 0.6) is 0 Å². The summed E-state index contributed by atoms with van der Waals surface area (Å²) in [7, 11) is 0. The van der Waals surface area contributed by atoms with Crippen LogP contribution in [-0.4, -0.2) is 16.4 Å². The van der Waals surface area contributed by atoms with Gasteiger partial charge in [-0.2, -0.15) is 0 Å². The fourth-order valence-electron chi connectivity index (χ4n) is 2.28. The van der Waals surface area contributed by atoms with E-state index >= 15 is 0 Å². The zero-order chi connectivity index (χ0) is 12.5. The maximum absolute atomic E-state index is 8.63. The number of aromatic nitrogens is 1. The number of hydrogen-bond acceptors (Lipinski definition) is 3. The third-order valence-corrected chi connectivity index (χ3v) is 3.12. The number of pyridine rings is 1. The van der Waals surface area contributed by atoms with E-state index in [1.807, 2.05) is 25.1 Å². The summed E-state index contributed by atoms with van der Waals surface area (Å²) in [5.41, 5.74) is 2.74. The molecule has 0 spiro atoms. The van der Waals surface area contributed by atoms with Gasteiger partial charge in [-0.15, -0.1) is 12.4 Å². The Kier molecular flexibility index (Phi) is 3.67. The molecule has 0 saturated carbocycles. The summed E-state index contributed by atoms with van der Waals surface area (Å²) >= 11 is 0. The average molecular weight is 273 g/mol. The largest absolute Gasteiger partial charge is 0.411 e. The van der Waals surface area contributed by atoms with Crippen LogP contribution in [0.2, 0.25) is 0 Å². The molecular weight excluding hydrogens is 260 g/mol. The van der Waals surface area contributed by atoms with Gasteiger partial charge in [-0.05, 0) is 23.9 Å². The Hall–Kier alpha value is -2.13. The SMILES string of the molecule is Cc1cc(/C=N/O)nc2c1ccc1ccccc12.Cl. The number of fused-ring (bicyclic) bond motifs is 3. The summed E-state index contributed by atoms with van der Waals surface area (Å²) in [6, 6.07) is 14.2. The van der Waals surface area contributed by atoms with E-state index in [2.05, 4.69) is 34.4 Å². The Morgan fingerprint density at radius 3 is 2.68 bits per heavy atom. The number of oxime groups is 1. The minimum atomic E-state index is 0. The van der Waals surface area contributed by atoms with Gasteiger partial charge in [0.25, 0.3) is 0 Å². The molecule has 0 radical (unpaired) electrons. The van der Waals surface area contributed by atoms with Crippen molar-refractivity contribution in [2.45, 2.75) is 6.92 Å². The second-order valence-corrected chi connectivity index (χ2v) is 4.29. The number of benzene rings is 2. The first kappa shape index (κ1) is 13.3. The van der Waals surface area contributed by atoms with Crippen molar-refractivity contribution >= 4 is 40.3 Å². The molecule has 0 aliphatic heterocycles. The predicted molar refractivity (Wildman–Crippen MR) is 80.6 cm³/mol. The minimum Gasteiger partial charge on any atom is -0.411 e. The molecule has 96 valence electrons. The van der Waals surface area contributed by atoms with Crippen molar-refractivity contribution < 1.29 is 5.21 Å². The molecule has 19 heavy (non-hydrogen) atoms. The molecule has 4 heteroatoms. The molecule has 0 saturated heterocycles. The molecular formula is C15H13ClN2O. The van der Waals surface area contributed by atoms with Crippen LogP contribution in [0.3, 0.4) is 0 Å². The van der Waals surface area contributed by atoms with Gasteiger partial charge in [0.15, 0.2) is 0 Å². The molecule has 2 aromatic carbocycles. The highest BCUT2D eigenvalue weighted by Gasteiger charge is 2.05. The van der Waals surface area contributed by atoms with Crippen LogP contribution in [0.4, 0.5) is 0 Å². The molecule has 0 atom stereocenters. The van der Waals surface area contributed by atoms with Crippen molar-refractivity contribution in [1.82, 2.24) is 4.98 Å². The summed E-state index contributed by atoms with van der Waals surface area (Å²) in [6.07, 6.45) is 1.36. The van der Waals surface area contributed by atoms with Gasteiger partial charge < -0.3 is 5.21 Å². The molecule has 0 unspecified atom stereocenters. The van der Waals surface area contributed by atoms with Crippen LogP contribution in [0.1, 0.15) is 11.3 Å². The molecule has 1 N–H and O–H groups in total. The Bertz CT molecular complexity index is 769. The average Bonchev–Trinajstić information content (AvgIpc) is 2.39. The first-order valence-electron chi connectivity index (χ1n) is 5.76. The Labute approximate surface area is 117 Å². The van der Waals surface area contributed by atoms with Crippen LogP contribution in [0, 0.1) is 6.92 Å². The van der Waals surface area contributed by atoms with E-state index in [9.17, 15) is 0 Å². The fourth-order valence-corrected chi connectivity index (χ4v) is 2.28. The number of halogens is 1. The van der Waals surface area contributed by atoms with E-state index in [-0.39, 0.29) is 12.4 Å². The summed E-state index contributed by atoms with van der Waals surface area (Å²) in [6.45, 7) is 2.04. The monoisotopic (exact) mass is 272 g/mol. The van der Waals surface area contributed by atoms with Gasteiger partial charge in [-0.3, -0.25) is 0 Å². The number of aryl methyl sites for hydroxylation is 1. The van der Waals surface area contributed by atoms with Gasteiger partial charge in [0.2, 0.25) is 0 Å². The van der Waals surface area contributed by atoms with Gasteiger partial charge in [0.1, 0.15) is 0 Å². The van der Waals surface area contributed by atoms with Gasteiger partial charge in [-0.25, -0.2) is 4.98 Å². The third-order valence-electron chi connectivity index (χ3n) is 3.12. The van der Waals surface area contributed by atoms with E-state index in [1.54, 1.807) is 0 Å². The molecule has 1 heterocycles. The molecule has 0 bridgehead atoms. The van der Waals surface area contributed by atoms with Crippen molar-refractivity contribution in [2.75, 3.05) is 0 Å². The summed E-state index contributed by atoms with van der Waals surface area (Å²) in [5.74, 6) is 0. The second kappa shape index (κ2) is 5.24. The highest BCUT2D eigenvalue weighted by atomic mass is 35.5. The molecule has 0 amide bonds. The summed E-state index contributed by atoms with van der Waals surface area (Å²) in [5, 5.41) is 15.1. The van der Waals surface area contributed by atoms with E-state index in [0.29, 0.717) is 5.69 Å².